The van der Waals surface area contributed by atoms with E-state index in [0.29, 0.717) is 16.7 Å². The second-order valence-electron chi connectivity index (χ2n) is 5.74. The molecule has 0 fully saturated rings. The first-order valence-corrected chi connectivity index (χ1v) is 9.28. The molecule has 2 N–H and O–H groups in total. The molecular formula is C19H20N4O3S. The fourth-order valence-corrected chi connectivity index (χ4v) is 2.88. The van der Waals surface area contributed by atoms with Crippen molar-refractivity contribution in [3.05, 3.63) is 59.9 Å². The topological polar surface area (TPSA) is 89.1 Å². The van der Waals surface area contributed by atoms with Gasteiger partial charge in [0.2, 0.25) is 11.1 Å². The predicted octanol–water partition coefficient (Wildman–Crippen LogP) is 3.43. The van der Waals surface area contributed by atoms with Crippen LogP contribution in [-0.2, 0) is 11.4 Å². The number of aromatic amines is 1. The molecule has 0 unspecified atom stereocenters. The Hall–Kier alpha value is -3.00. The van der Waals surface area contributed by atoms with Crippen molar-refractivity contribution >= 4 is 23.4 Å². The quantitative estimate of drug-likeness (QED) is 0.579. The zero-order valence-corrected chi connectivity index (χ0v) is 15.9. The van der Waals surface area contributed by atoms with E-state index in [1.54, 1.807) is 31.4 Å². The van der Waals surface area contributed by atoms with E-state index in [-0.39, 0.29) is 18.3 Å². The van der Waals surface area contributed by atoms with Crippen LogP contribution in [0.25, 0.3) is 0 Å². The van der Waals surface area contributed by atoms with E-state index in [0.717, 1.165) is 17.1 Å². The summed E-state index contributed by atoms with van der Waals surface area (Å²) in [6.45, 7) is 2.29. The number of aromatic nitrogens is 3. The molecule has 0 saturated heterocycles. The molecular weight excluding hydrogens is 364 g/mol. The van der Waals surface area contributed by atoms with E-state index < -0.39 is 0 Å². The second kappa shape index (κ2) is 9.09. The van der Waals surface area contributed by atoms with Crippen LogP contribution in [0.3, 0.4) is 0 Å². The first-order valence-electron chi connectivity index (χ1n) is 8.30. The zero-order chi connectivity index (χ0) is 19.1. The van der Waals surface area contributed by atoms with Gasteiger partial charge in [-0.05, 0) is 48.9 Å². The summed E-state index contributed by atoms with van der Waals surface area (Å²) in [5.41, 5.74) is 1.84. The van der Waals surface area contributed by atoms with Crippen molar-refractivity contribution in [2.75, 3.05) is 18.2 Å². The number of nitrogens with one attached hydrogen (secondary N) is 2. The van der Waals surface area contributed by atoms with Gasteiger partial charge in [0.25, 0.3) is 0 Å². The molecule has 0 aliphatic heterocycles. The molecule has 27 heavy (non-hydrogen) atoms. The maximum atomic E-state index is 12.0. The summed E-state index contributed by atoms with van der Waals surface area (Å²) < 4.78 is 10.8. The summed E-state index contributed by atoms with van der Waals surface area (Å²) in [5.74, 6) is 2.20. The van der Waals surface area contributed by atoms with Crippen molar-refractivity contribution in [3.8, 4) is 11.5 Å². The number of ether oxygens (including phenoxy) is 2. The van der Waals surface area contributed by atoms with Gasteiger partial charge in [-0.25, -0.2) is 4.98 Å². The van der Waals surface area contributed by atoms with Crippen LogP contribution >= 0.6 is 11.8 Å². The third-order valence-electron chi connectivity index (χ3n) is 3.58. The summed E-state index contributed by atoms with van der Waals surface area (Å²) >= 11 is 1.25. The lowest BCUT2D eigenvalue weighted by Crippen LogP contribution is -2.14. The molecule has 0 saturated carbocycles. The minimum absolute atomic E-state index is 0.132. The van der Waals surface area contributed by atoms with Crippen molar-refractivity contribution in [1.82, 2.24) is 15.2 Å². The van der Waals surface area contributed by atoms with Gasteiger partial charge in [0.05, 0.1) is 12.9 Å². The Morgan fingerprint density at radius 1 is 1.19 bits per heavy atom. The molecule has 0 spiro atoms. The molecule has 0 atom stereocenters. The third-order valence-corrected chi connectivity index (χ3v) is 4.43. The number of anilines is 1. The van der Waals surface area contributed by atoms with Crippen molar-refractivity contribution in [2.45, 2.75) is 18.7 Å². The van der Waals surface area contributed by atoms with Crippen molar-refractivity contribution < 1.29 is 14.3 Å². The SMILES string of the molecule is COc1ccc(NC(=O)CSc2n[nH]c(COc3cccc(C)c3)n2)cc1. The van der Waals surface area contributed by atoms with Gasteiger partial charge < -0.3 is 14.8 Å². The van der Waals surface area contributed by atoms with E-state index in [1.165, 1.54) is 11.8 Å². The van der Waals surface area contributed by atoms with Gasteiger partial charge in [-0.3, -0.25) is 9.89 Å². The number of methoxy groups -OCH3 is 1. The number of amides is 1. The lowest BCUT2D eigenvalue weighted by atomic mass is 10.2. The van der Waals surface area contributed by atoms with Crippen LogP contribution in [-0.4, -0.2) is 34.0 Å². The normalized spacial score (nSPS) is 10.4. The predicted molar refractivity (Wildman–Crippen MR) is 104 cm³/mol. The first-order chi connectivity index (χ1) is 13.1. The molecule has 1 heterocycles. The van der Waals surface area contributed by atoms with E-state index in [4.69, 9.17) is 9.47 Å². The molecule has 0 aliphatic rings. The van der Waals surface area contributed by atoms with E-state index in [1.807, 2.05) is 31.2 Å². The molecule has 140 valence electrons. The summed E-state index contributed by atoms with van der Waals surface area (Å²) in [6.07, 6.45) is 0. The maximum absolute atomic E-state index is 12.0. The standard InChI is InChI=1S/C19H20N4O3S/c1-13-4-3-5-16(10-13)26-11-17-21-19(23-22-17)27-12-18(24)20-14-6-8-15(25-2)9-7-14/h3-10H,11-12H2,1-2H3,(H,20,24)(H,21,22,23). The number of thioether (sulfide) groups is 1. The number of carbonyl (C=O) groups is 1. The van der Waals surface area contributed by atoms with E-state index >= 15 is 0 Å². The number of hydrogen-bond donors (Lipinski definition) is 2. The lowest BCUT2D eigenvalue weighted by molar-refractivity contribution is -0.113. The van der Waals surface area contributed by atoms with Crippen LogP contribution in [0, 0.1) is 6.92 Å². The first kappa shape index (κ1) is 18.8. The highest BCUT2D eigenvalue weighted by atomic mass is 32.2. The Morgan fingerprint density at radius 3 is 2.74 bits per heavy atom. The van der Waals surface area contributed by atoms with Crippen LogP contribution in [0.2, 0.25) is 0 Å². The average molecular weight is 384 g/mol. The maximum Gasteiger partial charge on any atom is 0.234 e. The largest absolute Gasteiger partial charge is 0.497 e. The van der Waals surface area contributed by atoms with Gasteiger partial charge >= 0.3 is 0 Å². The Balaban J connectivity index is 1.45. The second-order valence-corrected chi connectivity index (χ2v) is 6.68. The number of rotatable bonds is 8. The molecule has 2 aromatic carbocycles. The highest BCUT2D eigenvalue weighted by molar-refractivity contribution is 7.99. The van der Waals surface area contributed by atoms with Crippen molar-refractivity contribution in [2.24, 2.45) is 0 Å². The van der Waals surface area contributed by atoms with E-state index in [9.17, 15) is 4.79 Å². The van der Waals surface area contributed by atoms with Crippen molar-refractivity contribution in [1.29, 1.82) is 0 Å². The smallest absolute Gasteiger partial charge is 0.234 e. The van der Waals surface area contributed by atoms with Crippen molar-refractivity contribution in [3.63, 3.8) is 0 Å². The van der Waals surface area contributed by atoms with Crippen LogP contribution in [0.4, 0.5) is 5.69 Å². The highest BCUT2D eigenvalue weighted by Gasteiger charge is 2.09. The molecule has 7 nitrogen and oxygen atoms in total. The van der Waals surface area contributed by atoms with Gasteiger partial charge in [0.1, 0.15) is 18.1 Å². The van der Waals surface area contributed by atoms with Crippen LogP contribution in [0.15, 0.2) is 53.7 Å². The van der Waals surface area contributed by atoms with Crippen LogP contribution in [0.5, 0.6) is 11.5 Å². The van der Waals surface area contributed by atoms with Gasteiger partial charge in [0.15, 0.2) is 5.82 Å². The molecule has 1 amide bonds. The molecule has 3 rings (SSSR count). The number of carbonyl (C=O) groups excluding carboxylic acids is 1. The fourth-order valence-electron chi connectivity index (χ4n) is 2.27. The Kier molecular flexibility index (Phi) is 6.32. The zero-order valence-electron chi connectivity index (χ0n) is 15.1. The van der Waals surface area contributed by atoms with Gasteiger partial charge in [-0.15, -0.1) is 5.10 Å². The van der Waals surface area contributed by atoms with Crippen LogP contribution < -0.4 is 14.8 Å². The van der Waals surface area contributed by atoms with E-state index in [2.05, 4.69) is 20.5 Å². The molecule has 1 aromatic heterocycles. The van der Waals surface area contributed by atoms with Crippen LogP contribution in [0.1, 0.15) is 11.4 Å². The fraction of sp³-hybridized carbons (Fsp3) is 0.211. The number of benzene rings is 2. The highest BCUT2D eigenvalue weighted by Crippen LogP contribution is 2.18. The monoisotopic (exact) mass is 384 g/mol. The molecule has 8 heteroatoms. The Morgan fingerprint density at radius 2 is 2.00 bits per heavy atom. The van der Waals surface area contributed by atoms with Gasteiger partial charge in [-0.1, -0.05) is 23.9 Å². The molecule has 3 aromatic rings. The number of hydrogen-bond acceptors (Lipinski definition) is 6. The third kappa shape index (κ3) is 5.75. The molecule has 0 aliphatic carbocycles. The summed E-state index contributed by atoms with van der Waals surface area (Å²) in [5, 5.41) is 10.2. The summed E-state index contributed by atoms with van der Waals surface area (Å²) in [7, 11) is 1.60. The Labute approximate surface area is 161 Å². The minimum atomic E-state index is -0.132. The van der Waals surface area contributed by atoms with Gasteiger partial charge in [0, 0.05) is 5.69 Å². The lowest BCUT2D eigenvalue weighted by Gasteiger charge is -2.05. The Bertz CT molecular complexity index is 896. The number of aryl methyl sites for hydroxylation is 1. The molecule has 0 radical (unpaired) electrons. The molecule has 0 bridgehead atoms. The number of H-pyrrole nitrogens is 1. The summed E-state index contributed by atoms with van der Waals surface area (Å²) in [6, 6.07) is 14.9. The minimum Gasteiger partial charge on any atom is -0.497 e. The summed E-state index contributed by atoms with van der Waals surface area (Å²) in [4.78, 5) is 16.4. The number of nitrogens with zero attached hydrogens (tertiary/aromatic N) is 2. The van der Waals surface area contributed by atoms with Gasteiger partial charge in [-0.2, -0.15) is 0 Å². The average Bonchev–Trinajstić information content (AvgIpc) is 3.13.